The Labute approximate surface area is 164 Å². The highest BCUT2D eigenvalue weighted by Crippen LogP contribution is 2.59. The zero-order valence-electron chi connectivity index (χ0n) is 15.4. The molecule has 5 rings (SSSR count). The number of carboxylic acid groups (broad SMARTS) is 1. The number of aliphatic carboxylic acids is 1. The van der Waals surface area contributed by atoms with Gasteiger partial charge in [-0.25, -0.2) is 0 Å². The minimum absolute atomic E-state index is 0.0556. The van der Waals surface area contributed by atoms with Gasteiger partial charge in [0.25, 0.3) is 0 Å². The van der Waals surface area contributed by atoms with Crippen molar-refractivity contribution < 1.29 is 29.6 Å². The van der Waals surface area contributed by atoms with Gasteiger partial charge in [-0.3, -0.25) is 9.59 Å². The first-order valence-electron chi connectivity index (χ1n) is 9.35. The molecule has 7 nitrogen and oxygen atoms in total. The fourth-order valence-corrected chi connectivity index (χ4v) is 5.28. The summed E-state index contributed by atoms with van der Waals surface area (Å²) in [6, 6.07) is 5.60. The van der Waals surface area contributed by atoms with E-state index in [-0.39, 0.29) is 29.1 Å². The Morgan fingerprint density at radius 1 is 1.00 bits per heavy atom. The smallest absolute Gasteiger partial charge is 0.307 e. The summed E-state index contributed by atoms with van der Waals surface area (Å²) in [6.07, 6.45) is 3.96. The standard InChI is InChI=1S/C22H18O7/c1-8-9-2-3-10(8)17(22(27)28)16(9)15-11-4-6-13(23)18(25)20(11)29-21-12(15)5-7-14(24)19(21)26/h2-10,16-17,23,25-26H,1H3,(H,27,28)/t8-,9+,10+,16-,17+/m0/s1. The summed E-state index contributed by atoms with van der Waals surface area (Å²) in [5, 5.41) is 41.0. The minimum Gasteiger partial charge on any atom is -0.504 e. The Morgan fingerprint density at radius 2 is 1.72 bits per heavy atom. The van der Waals surface area contributed by atoms with Crippen LogP contribution in [0, 0.1) is 23.7 Å². The van der Waals surface area contributed by atoms with Crippen LogP contribution in [0.3, 0.4) is 0 Å². The molecule has 0 unspecified atom stereocenters. The molecule has 2 bridgehead atoms. The van der Waals surface area contributed by atoms with Crippen molar-refractivity contribution in [3.05, 3.63) is 52.2 Å². The molecule has 29 heavy (non-hydrogen) atoms. The van der Waals surface area contributed by atoms with E-state index >= 15 is 0 Å². The fraction of sp³-hybridized carbons (Fsp3) is 0.273. The SMILES string of the molecule is C[C@@H]1[C@H]2C=C[C@H]1[C@@H](c1c3ccc(=O)c(O)c-3oc3c(O)c(O)ccc13)[C@@H]2C(=O)O. The van der Waals surface area contributed by atoms with Crippen LogP contribution in [0.1, 0.15) is 18.4 Å². The van der Waals surface area contributed by atoms with Gasteiger partial charge in [0.2, 0.25) is 16.9 Å². The third-order valence-corrected chi connectivity index (χ3v) is 6.59. The quantitative estimate of drug-likeness (QED) is 0.298. The van der Waals surface area contributed by atoms with Gasteiger partial charge in [-0.2, -0.15) is 0 Å². The number of phenolic OH excluding ortho intramolecular Hbond substituents is 3. The molecule has 1 aromatic carbocycles. The Balaban J connectivity index is 1.93. The number of phenols is 3. The first-order chi connectivity index (χ1) is 13.8. The van der Waals surface area contributed by atoms with E-state index < -0.39 is 40.5 Å². The second-order valence-electron chi connectivity index (χ2n) is 7.90. The van der Waals surface area contributed by atoms with Crippen LogP contribution in [-0.4, -0.2) is 26.4 Å². The monoisotopic (exact) mass is 394 g/mol. The first-order valence-corrected chi connectivity index (χ1v) is 9.35. The van der Waals surface area contributed by atoms with Crippen molar-refractivity contribution in [3.8, 4) is 28.6 Å². The van der Waals surface area contributed by atoms with Crippen LogP contribution in [0.25, 0.3) is 22.3 Å². The molecule has 0 spiro atoms. The zero-order chi connectivity index (χ0) is 20.6. The summed E-state index contributed by atoms with van der Waals surface area (Å²) in [6.45, 7) is 2.01. The molecule has 1 heterocycles. The third kappa shape index (κ3) is 2.18. The third-order valence-electron chi connectivity index (χ3n) is 6.59. The molecule has 7 heteroatoms. The van der Waals surface area contributed by atoms with E-state index in [0.29, 0.717) is 16.5 Å². The summed E-state index contributed by atoms with van der Waals surface area (Å²) in [4.78, 5) is 24.2. The van der Waals surface area contributed by atoms with E-state index in [2.05, 4.69) is 0 Å². The van der Waals surface area contributed by atoms with Crippen molar-refractivity contribution >= 4 is 16.9 Å². The van der Waals surface area contributed by atoms with Crippen LogP contribution < -0.4 is 5.43 Å². The van der Waals surface area contributed by atoms with Crippen molar-refractivity contribution in [3.63, 3.8) is 0 Å². The van der Waals surface area contributed by atoms with Gasteiger partial charge in [-0.15, -0.1) is 0 Å². The van der Waals surface area contributed by atoms with Gasteiger partial charge >= 0.3 is 5.97 Å². The normalized spacial score (nSPS) is 27.8. The Hall–Kier alpha value is -3.48. The van der Waals surface area contributed by atoms with Crippen LogP contribution in [0.4, 0.5) is 0 Å². The summed E-state index contributed by atoms with van der Waals surface area (Å²) < 4.78 is 5.65. The van der Waals surface area contributed by atoms with Gasteiger partial charge in [0.15, 0.2) is 17.1 Å². The highest BCUT2D eigenvalue weighted by molar-refractivity contribution is 5.95. The van der Waals surface area contributed by atoms with Gasteiger partial charge in [0, 0.05) is 16.9 Å². The van der Waals surface area contributed by atoms with E-state index in [0.717, 1.165) is 0 Å². The van der Waals surface area contributed by atoms with Crippen LogP contribution in [0.5, 0.6) is 17.2 Å². The van der Waals surface area contributed by atoms with E-state index in [1.54, 1.807) is 6.07 Å². The maximum Gasteiger partial charge on any atom is 0.307 e. The maximum atomic E-state index is 12.2. The van der Waals surface area contributed by atoms with Crippen molar-refractivity contribution in [2.24, 2.45) is 23.7 Å². The molecule has 1 fully saturated rings. The largest absolute Gasteiger partial charge is 0.504 e. The number of carboxylic acids is 1. The number of rotatable bonds is 2. The van der Waals surface area contributed by atoms with Gasteiger partial charge in [-0.05, 0) is 47.6 Å². The van der Waals surface area contributed by atoms with E-state index in [1.165, 1.54) is 18.2 Å². The van der Waals surface area contributed by atoms with Gasteiger partial charge in [-0.1, -0.05) is 19.1 Å². The molecule has 1 aromatic rings. The van der Waals surface area contributed by atoms with E-state index in [1.807, 2.05) is 19.1 Å². The average Bonchev–Trinajstić information content (AvgIpc) is 3.19. The van der Waals surface area contributed by atoms with Crippen molar-refractivity contribution in [1.29, 1.82) is 0 Å². The predicted molar refractivity (Wildman–Crippen MR) is 103 cm³/mol. The lowest BCUT2D eigenvalue weighted by Gasteiger charge is -2.29. The van der Waals surface area contributed by atoms with Crippen molar-refractivity contribution in [2.75, 3.05) is 0 Å². The molecule has 5 atom stereocenters. The Morgan fingerprint density at radius 3 is 2.45 bits per heavy atom. The topological polar surface area (TPSA) is 128 Å². The summed E-state index contributed by atoms with van der Waals surface area (Å²) >= 11 is 0. The van der Waals surface area contributed by atoms with Crippen molar-refractivity contribution in [2.45, 2.75) is 12.8 Å². The second-order valence-corrected chi connectivity index (χ2v) is 7.90. The molecule has 0 radical (unpaired) electrons. The van der Waals surface area contributed by atoms with Gasteiger partial charge in [0.05, 0.1) is 5.92 Å². The summed E-state index contributed by atoms with van der Waals surface area (Å²) in [5.74, 6) is -3.84. The number of benzene rings is 2. The van der Waals surface area contributed by atoms with Gasteiger partial charge in [0.1, 0.15) is 0 Å². The highest BCUT2D eigenvalue weighted by atomic mass is 16.4. The molecule has 148 valence electrons. The number of aromatic hydroxyl groups is 3. The number of carbonyl (C=O) groups is 1. The van der Waals surface area contributed by atoms with Crippen LogP contribution in [-0.2, 0) is 4.79 Å². The maximum absolute atomic E-state index is 12.2. The van der Waals surface area contributed by atoms with Crippen LogP contribution >= 0.6 is 0 Å². The summed E-state index contributed by atoms with van der Waals surface area (Å²) in [7, 11) is 0. The van der Waals surface area contributed by atoms with Gasteiger partial charge < -0.3 is 24.8 Å². The molecule has 4 N–H and O–H groups in total. The molecular formula is C22H18O7. The lowest BCUT2D eigenvalue weighted by molar-refractivity contribution is -0.143. The number of hydrogen-bond donors (Lipinski definition) is 4. The predicted octanol–water partition coefficient (Wildman–Crippen LogP) is 3.25. The molecule has 0 saturated heterocycles. The summed E-state index contributed by atoms with van der Waals surface area (Å²) in [5.41, 5.74) is 0.256. The lowest BCUT2D eigenvalue weighted by Crippen LogP contribution is -2.26. The van der Waals surface area contributed by atoms with E-state index in [9.17, 15) is 30.0 Å². The number of hydrogen-bond acceptors (Lipinski definition) is 6. The molecule has 1 saturated carbocycles. The molecule has 3 aliphatic carbocycles. The zero-order valence-corrected chi connectivity index (χ0v) is 15.4. The number of allylic oxidation sites excluding steroid dienone is 2. The highest BCUT2D eigenvalue weighted by Gasteiger charge is 2.54. The van der Waals surface area contributed by atoms with Crippen molar-refractivity contribution in [1.82, 2.24) is 0 Å². The molecule has 4 aliphatic rings. The number of fused-ring (bicyclic) bond motifs is 4. The average molecular weight is 394 g/mol. The molecule has 1 aliphatic heterocycles. The lowest BCUT2D eigenvalue weighted by atomic mass is 9.75. The Kier molecular flexibility index (Phi) is 3.50. The molecular weight excluding hydrogens is 376 g/mol. The van der Waals surface area contributed by atoms with E-state index in [4.69, 9.17) is 4.42 Å². The fourth-order valence-electron chi connectivity index (χ4n) is 5.28. The molecule has 0 aromatic heterocycles. The van der Waals surface area contributed by atoms with Crippen LogP contribution in [0.15, 0.2) is 45.6 Å². The Bertz CT molecular complexity index is 1240. The second kappa shape index (κ2) is 5.76. The molecule has 0 amide bonds. The first kappa shape index (κ1) is 17.6. The van der Waals surface area contributed by atoms with Crippen LogP contribution in [0.2, 0.25) is 0 Å². The minimum atomic E-state index is -0.923.